The Morgan fingerprint density at radius 2 is 1.97 bits per heavy atom. The van der Waals surface area contributed by atoms with E-state index in [1.807, 2.05) is 33.0 Å². The summed E-state index contributed by atoms with van der Waals surface area (Å²) in [5.74, 6) is 1.05. The number of carbonyl (C=O) groups excluding carboxylic acids is 1. The first-order valence-electron chi connectivity index (χ1n) is 10.8. The van der Waals surface area contributed by atoms with Gasteiger partial charge in [0.25, 0.3) is 5.56 Å². The van der Waals surface area contributed by atoms with Gasteiger partial charge in [0.05, 0.1) is 40.1 Å². The molecule has 32 heavy (non-hydrogen) atoms. The number of carbonyl (C=O) groups is 1. The highest BCUT2D eigenvalue weighted by atomic mass is 16.6. The van der Waals surface area contributed by atoms with E-state index in [1.165, 1.54) is 0 Å². The molecule has 3 aliphatic heterocycles. The number of nitrogens with zero attached hydrogens (tertiary/aromatic N) is 2. The van der Waals surface area contributed by atoms with Crippen LogP contribution >= 0.6 is 0 Å². The summed E-state index contributed by atoms with van der Waals surface area (Å²) >= 11 is 0. The Labute approximate surface area is 184 Å². The normalized spacial score (nSPS) is 20.4. The van der Waals surface area contributed by atoms with Crippen LogP contribution in [-0.4, -0.2) is 35.8 Å². The van der Waals surface area contributed by atoms with Crippen LogP contribution in [0, 0.1) is 0 Å². The Hall–Kier alpha value is -3.55. The molecule has 164 valence electrons. The van der Waals surface area contributed by atoms with Gasteiger partial charge in [0, 0.05) is 24.1 Å². The van der Waals surface area contributed by atoms with Crippen LogP contribution in [0.25, 0.3) is 22.3 Å². The first kappa shape index (κ1) is 19.2. The van der Waals surface area contributed by atoms with E-state index in [2.05, 4.69) is 11.4 Å². The maximum absolute atomic E-state index is 13.4. The number of cyclic esters (lactones) is 1. The second-order valence-corrected chi connectivity index (χ2v) is 8.66. The molecule has 3 aliphatic rings. The molecule has 0 saturated carbocycles. The van der Waals surface area contributed by atoms with Crippen LogP contribution in [0.5, 0.6) is 11.5 Å². The number of nitrogens with one attached hydrogen (secondary N) is 1. The van der Waals surface area contributed by atoms with Crippen LogP contribution in [0.4, 0.5) is 5.69 Å². The van der Waals surface area contributed by atoms with E-state index in [1.54, 1.807) is 4.57 Å². The molecule has 0 fully saturated rings. The highest BCUT2D eigenvalue weighted by molar-refractivity contribution is 5.99. The van der Waals surface area contributed by atoms with Gasteiger partial charge in [-0.25, -0.2) is 4.98 Å². The number of benzene rings is 1. The van der Waals surface area contributed by atoms with Crippen molar-refractivity contribution in [3.05, 3.63) is 45.2 Å². The second-order valence-electron chi connectivity index (χ2n) is 8.66. The molecular weight excluding hydrogens is 410 g/mol. The van der Waals surface area contributed by atoms with Crippen LogP contribution in [0.2, 0.25) is 0 Å². The van der Waals surface area contributed by atoms with Crippen molar-refractivity contribution in [3.8, 4) is 22.9 Å². The SMILES string of the molecule is CCC1(C)C(=O)OCc2c1cc1n(c2=O)Cc2cc3c(NC)c4c(cc3nc2-1)OCCO4. The van der Waals surface area contributed by atoms with Gasteiger partial charge in [-0.15, -0.1) is 0 Å². The van der Waals surface area contributed by atoms with Gasteiger partial charge in [-0.3, -0.25) is 9.59 Å². The van der Waals surface area contributed by atoms with Crippen LogP contribution < -0.4 is 20.3 Å². The van der Waals surface area contributed by atoms with E-state index in [0.717, 1.165) is 39.1 Å². The molecule has 5 heterocycles. The predicted molar refractivity (Wildman–Crippen MR) is 119 cm³/mol. The Balaban J connectivity index is 1.61. The minimum atomic E-state index is -0.842. The van der Waals surface area contributed by atoms with E-state index < -0.39 is 5.41 Å². The Kier molecular flexibility index (Phi) is 3.88. The Morgan fingerprint density at radius 3 is 2.75 bits per heavy atom. The average Bonchev–Trinajstić information content (AvgIpc) is 3.16. The fourth-order valence-corrected chi connectivity index (χ4v) is 5.04. The third kappa shape index (κ3) is 2.35. The lowest BCUT2D eigenvalue weighted by atomic mass is 9.76. The molecule has 8 nitrogen and oxygen atoms in total. The molecule has 0 bridgehead atoms. The molecule has 8 heteroatoms. The first-order valence-corrected chi connectivity index (χ1v) is 10.8. The van der Waals surface area contributed by atoms with Gasteiger partial charge >= 0.3 is 5.97 Å². The fraction of sp³-hybridized carbons (Fsp3) is 0.375. The minimum Gasteiger partial charge on any atom is -0.486 e. The zero-order chi connectivity index (χ0) is 22.2. The molecule has 1 N–H and O–H groups in total. The fourth-order valence-electron chi connectivity index (χ4n) is 5.04. The summed E-state index contributed by atoms with van der Waals surface area (Å²) < 4.78 is 18.8. The molecule has 2 aromatic heterocycles. The van der Waals surface area contributed by atoms with Crippen molar-refractivity contribution < 1.29 is 19.0 Å². The van der Waals surface area contributed by atoms with E-state index in [4.69, 9.17) is 19.2 Å². The van der Waals surface area contributed by atoms with Crippen LogP contribution in [0.1, 0.15) is 37.0 Å². The molecule has 0 aliphatic carbocycles. The molecule has 1 aromatic carbocycles. The van der Waals surface area contributed by atoms with Crippen molar-refractivity contribution in [1.82, 2.24) is 9.55 Å². The van der Waals surface area contributed by atoms with Gasteiger partial charge in [-0.2, -0.15) is 0 Å². The molecule has 0 saturated heterocycles. The zero-order valence-corrected chi connectivity index (χ0v) is 18.2. The molecule has 0 radical (unpaired) electrons. The number of hydrogen-bond donors (Lipinski definition) is 1. The summed E-state index contributed by atoms with van der Waals surface area (Å²) in [5.41, 5.74) is 4.38. The number of fused-ring (bicyclic) bond motifs is 6. The predicted octanol–water partition coefficient (Wildman–Crippen LogP) is 2.96. The monoisotopic (exact) mass is 433 g/mol. The molecule has 1 unspecified atom stereocenters. The van der Waals surface area contributed by atoms with Crippen LogP contribution in [-0.2, 0) is 28.1 Å². The van der Waals surface area contributed by atoms with Gasteiger partial charge in [0.15, 0.2) is 11.5 Å². The van der Waals surface area contributed by atoms with Gasteiger partial charge in [-0.05, 0) is 31.0 Å². The van der Waals surface area contributed by atoms with Crippen molar-refractivity contribution in [1.29, 1.82) is 0 Å². The average molecular weight is 433 g/mol. The number of pyridine rings is 2. The highest BCUT2D eigenvalue weighted by Gasteiger charge is 2.43. The third-order valence-corrected chi connectivity index (χ3v) is 7.03. The number of hydrogen-bond acceptors (Lipinski definition) is 7. The van der Waals surface area contributed by atoms with Crippen molar-refractivity contribution in [2.24, 2.45) is 0 Å². The van der Waals surface area contributed by atoms with Crippen LogP contribution in [0.15, 0.2) is 23.0 Å². The maximum Gasteiger partial charge on any atom is 0.316 e. The largest absolute Gasteiger partial charge is 0.486 e. The summed E-state index contributed by atoms with van der Waals surface area (Å²) in [6, 6.07) is 5.91. The molecular formula is C24H23N3O5. The summed E-state index contributed by atoms with van der Waals surface area (Å²) in [5, 5.41) is 4.14. The number of anilines is 1. The minimum absolute atomic E-state index is 0.0138. The lowest BCUT2D eigenvalue weighted by molar-refractivity contribution is -0.153. The lowest BCUT2D eigenvalue weighted by Crippen LogP contribution is -2.42. The van der Waals surface area contributed by atoms with Crippen molar-refractivity contribution in [2.45, 2.75) is 38.8 Å². The first-order chi connectivity index (χ1) is 15.5. The molecule has 0 spiro atoms. The zero-order valence-electron chi connectivity index (χ0n) is 18.2. The smallest absolute Gasteiger partial charge is 0.316 e. The molecule has 6 rings (SSSR count). The summed E-state index contributed by atoms with van der Waals surface area (Å²) in [7, 11) is 1.84. The van der Waals surface area contributed by atoms with Gasteiger partial charge in [0.1, 0.15) is 19.8 Å². The third-order valence-electron chi connectivity index (χ3n) is 7.03. The Morgan fingerprint density at radius 1 is 1.16 bits per heavy atom. The van der Waals surface area contributed by atoms with Crippen molar-refractivity contribution in [3.63, 3.8) is 0 Å². The van der Waals surface area contributed by atoms with Gasteiger partial charge in [-0.1, -0.05) is 6.92 Å². The summed E-state index contributed by atoms with van der Waals surface area (Å²) in [4.78, 5) is 30.9. The number of aromatic nitrogens is 2. The molecule has 1 atom stereocenters. The highest BCUT2D eigenvalue weighted by Crippen LogP contribution is 2.45. The lowest BCUT2D eigenvalue weighted by Gasteiger charge is -2.33. The number of ether oxygens (including phenoxy) is 3. The standard InChI is InChI=1S/C24H23N3O5/c1-4-24(2)15-8-17-19-12(10-27(17)22(28)14(15)11-32-23(24)29)7-13-16(26-19)9-18-21(20(13)25-3)31-6-5-30-18/h7-9,25H,4-6,10-11H2,1-3H3. The van der Waals surface area contributed by atoms with Crippen molar-refractivity contribution >= 4 is 22.6 Å². The molecule has 0 amide bonds. The summed E-state index contributed by atoms with van der Waals surface area (Å²) in [6.45, 7) is 5.20. The topological polar surface area (TPSA) is 91.7 Å². The van der Waals surface area contributed by atoms with E-state index in [0.29, 0.717) is 43.2 Å². The molecule has 3 aromatic rings. The maximum atomic E-state index is 13.4. The summed E-state index contributed by atoms with van der Waals surface area (Å²) in [6.07, 6.45) is 0.550. The Bertz CT molecular complexity index is 1390. The van der Waals surface area contributed by atoms with Crippen LogP contribution in [0.3, 0.4) is 0 Å². The van der Waals surface area contributed by atoms with E-state index in [-0.39, 0.29) is 18.1 Å². The van der Waals surface area contributed by atoms with Gasteiger partial charge < -0.3 is 24.1 Å². The number of esters is 1. The van der Waals surface area contributed by atoms with Gasteiger partial charge in [0.2, 0.25) is 0 Å². The quantitative estimate of drug-likeness (QED) is 0.486. The van der Waals surface area contributed by atoms with E-state index in [9.17, 15) is 9.59 Å². The van der Waals surface area contributed by atoms with E-state index >= 15 is 0 Å². The van der Waals surface area contributed by atoms with Crippen molar-refractivity contribution in [2.75, 3.05) is 25.6 Å². The number of rotatable bonds is 2. The second kappa shape index (κ2) is 6.48.